The van der Waals surface area contributed by atoms with Crippen LogP contribution < -0.4 is 0 Å². The summed E-state index contributed by atoms with van der Waals surface area (Å²) in [6.45, 7) is 3.50. The normalized spacial score (nSPS) is 10.2. The summed E-state index contributed by atoms with van der Waals surface area (Å²) >= 11 is 0. The molecule has 1 aromatic carbocycles. The van der Waals surface area contributed by atoms with Crippen LogP contribution in [0.3, 0.4) is 0 Å². The Bertz CT molecular complexity index is 714. The van der Waals surface area contributed by atoms with Crippen molar-refractivity contribution in [3.8, 4) is 11.1 Å². The lowest BCUT2D eigenvalue weighted by Crippen LogP contribution is -2.12. The second-order valence-electron chi connectivity index (χ2n) is 4.47. The molecule has 6 heteroatoms. The molecule has 0 fully saturated rings. The molecule has 0 aliphatic carbocycles. The first-order valence-corrected chi connectivity index (χ1v) is 7.15. The molecule has 0 N–H and O–H groups in total. The smallest absolute Gasteiger partial charge is 0.375 e. The Kier molecular flexibility index (Phi) is 5.30. The number of hydrogen-bond donors (Lipinski definition) is 0. The number of ether oxygens (including phenoxy) is 2. The van der Waals surface area contributed by atoms with Crippen molar-refractivity contribution in [2.75, 3.05) is 13.2 Å². The van der Waals surface area contributed by atoms with Crippen molar-refractivity contribution in [2.24, 2.45) is 0 Å². The van der Waals surface area contributed by atoms with Gasteiger partial charge in [-0.3, -0.25) is 4.79 Å². The molecule has 2 aromatic rings. The van der Waals surface area contributed by atoms with Gasteiger partial charge in [0.1, 0.15) is 5.56 Å². The zero-order valence-electron chi connectivity index (χ0n) is 12.8. The van der Waals surface area contributed by atoms with E-state index < -0.39 is 11.9 Å². The molecule has 6 nitrogen and oxygen atoms in total. The molecule has 0 spiro atoms. The SMILES string of the molecule is CCOC(=O)c1oc(C=O)c(-c2ccccc2)c1C(=O)OCC. The van der Waals surface area contributed by atoms with Gasteiger partial charge in [-0.1, -0.05) is 30.3 Å². The van der Waals surface area contributed by atoms with Crippen molar-refractivity contribution < 1.29 is 28.3 Å². The van der Waals surface area contributed by atoms with Crippen molar-refractivity contribution in [3.63, 3.8) is 0 Å². The predicted octanol–water partition coefficient (Wildman–Crippen LogP) is 3.11. The van der Waals surface area contributed by atoms with E-state index >= 15 is 0 Å². The molecule has 2 rings (SSSR count). The quantitative estimate of drug-likeness (QED) is 0.601. The summed E-state index contributed by atoms with van der Waals surface area (Å²) in [6, 6.07) is 8.69. The molecule has 0 unspecified atom stereocenters. The van der Waals surface area contributed by atoms with Gasteiger partial charge < -0.3 is 13.9 Å². The lowest BCUT2D eigenvalue weighted by molar-refractivity contribution is 0.0451. The summed E-state index contributed by atoms with van der Waals surface area (Å²) in [7, 11) is 0. The molecule has 1 heterocycles. The van der Waals surface area contributed by atoms with Crippen LogP contribution in [0.1, 0.15) is 45.3 Å². The van der Waals surface area contributed by atoms with E-state index in [4.69, 9.17) is 13.9 Å². The molecular weight excluding hydrogens is 300 g/mol. The van der Waals surface area contributed by atoms with Crippen LogP contribution >= 0.6 is 0 Å². The van der Waals surface area contributed by atoms with E-state index in [0.717, 1.165) is 0 Å². The molecule has 0 atom stereocenters. The van der Waals surface area contributed by atoms with Gasteiger partial charge in [0.2, 0.25) is 5.76 Å². The number of aldehydes is 1. The Morgan fingerprint density at radius 1 is 1.04 bits per heavy atom. The number of carbonyl (C=O) groups is 3. The third-order valence-electron chi connectivity index (χ3n) is 3.05. The summed E-state index contributed by atoms with van der Waals surface area (Å²) in [5.74, 6) is -2.01. The molecule has 0 amide bonds. The minimum atomic E-state index is -0.819. The summed E-state index contributed by atoms with van der Waals surface area (Å²) in [4.78, 5) is 35.7. The molecule has 0 aliphatic rings. The van der Waals surface area contributed by atoms with E-state index in [9.17, 15) is 14.4 Å². The van der Waals surface area contributed by atoms with Crippen LogP contribution in [0.15, 0.2) is 34.7 Å². The van der Waals surface area contributed by atoms with Crippen molar-refractivity contribution >= 4 is 18.2 Å². The van der Waals surface area contributed by atoms with E-state index in [1.807, 2.05) is 0 Å². The fourth-order valence-corrected chi connectivity index (χ4v) is 2.16. The Hall–Kier alpha value is -2.89. The molecular formula is C17H16O6. The Balaban J connectivity index is 2.70. The molecule has 0 bridgehead atoms. The molecule has 120 valence electrons. The molecule has 23 heavy (non-hydrogen) atoms. The number of furan rings is 1. The Labute approximate surface area is 133 Å². The van der Waals surface area contributed by atoms with Gasteiger partial charge in [0, 0.05) is 5.56 Å². The maximum atomic E-state index is 12.3. The minimum Gasteiger partial charge on any atom is -0.462 e. The summed E-state index contributed by atoms with van der Waals surface area (Å²) in [6.07, 6.45) is 0.452. The average molecular weight is 316 g/mol. The fourth-order valence-electron chi connectivity index (χ4n) is 2.16. The summed E-state index contributed by atoms with van der Waals surface area (Å²) in [5.41, 5.74) is 0.692. The first-order chi connectivity index (χ1) is 11.1. The zero-order valence-corrected chi connectivity index (χ0v) is 12.8. The van der Waals surface area contributed by atoms with Crippen molar-refractivity contribution in [3.05, 3.63) is 47.4 Å². The van der Waals surface area contributed by atoms with Crippen LogP contribution in [0.4, 0.5) is 0 Å². The van der Waals surface area contributed by atoms with Gasteiger partial charge in [0.25, 0.3) is 0 Å². The van der Waals surface area contributed by atoms with Gasteiger partial charge in [-0.15, -0.1) is 0 Å². The van der Waals surface area contributed by atoms with Gasteiger partial charge in [0.05, 0.1) is 13.2 Å². The van der Waals surface area contributed by atoms with Gasteiger partial charge in [0.15, 0.2) is 12.0 Å². The van der Waals surface area contributed by atoms with Crippen LogP contribution in [-0.4, -0.2) is 31.4 Å². The lowest BCUT2D eigenvalue weighted by atomic mass is 10.00. The van der Waals surface area contributed by atoms with Crippen molar-refractivity contribution in [1.29, 1.82) is 0 Å². The highest BCUT2D eigenvalue weighted by Crippen LogP contribution is 2.33. The van der Waals surface area contributed by atoms with E-state index in [1.165, 1.54) is 0 Å². The maximum Gasteiger partial charge on any atom is 0.375 e. The maximum absolute atomic E-state index is 12.3. The van der Waals surface area contributed by atoms with E-state index in [0.29, 0.717) is 11.8 Å². The highest BCUT2D eigenvalue weighted by Gasteiger charge is 2.32. The van der Waals surface area contributed by atoms with Crippen LogP contribution in [0.5, 0.6) is 0 Å². The summed E-state index contributed by atoms with van der Waals surface area (Å²) in [5, 5.41) is 0. The van der Waals surface area contributed by atoms with E-state index in [2.05, 4.69) is 0 Å². The van der Waals surface area contributed by atoms with Crippen molar-refractivity contribution in [1.82, 2.24) is 0 Å². The third kappa shape index (κ3) is 3.31. The highest BCUT2D eigenvalue weighted by atomic mass is 16.5. The Morgan fingerprint density at radius 2 is 1.65 bits per heavy atom. The van der Waals surface area contributed by atoms with Crippen LogP contribution in [-0.2, 0) is 9.47 Å². The number of rotatable bonds is 6. The molecule has 0 aliphatic heterocycles. The standard InChI is InChI=1S/C17H16O6/c1-3-21-16(19)14-13(11-8-6-5-7-9-11)12(10-18)23-15(14)17(20)22-4-2/h5-10H,3-4H2,1-2H3. The van der Waals surface area contributed by atoms with Crippen LogP contribution in [0, 0.1) is 0 Å². The van der Waals surface area contributed by atoms with E-state index in [1.54, 1.807) is 44.2 Å². The molecule has 1 aromatic heterocycles. The minimum absolute atomic E-state index is 0.0985. The average Bonchev–Trinajstić information content (AvgIpc) is 2.96. The predicted molar refractivity (Wildman–Crippen MR) is 81.4 cm³/mol. The highest BCUT2D eigenvalue weighted by molar-refractivity contribution is 6.09. The fraction of sp³-hybridized carbons (Fsp3) is 0.235. The third-order valence-corrected chi connectivity index (χ3v) is 3.05. The number of hydrogen-bond acceptors (Lipinski definition) is 6. The van der Waals surface area contributed by atoms with Crippen molar-refractivity contribution in [2.45, 2.75) is 13.8 Å². The second kappa shape index (κ2) is 7.40. The monoisotopic (exact) mass is 316 g/mol. The first-order valence-electron chi connectivity index (χ1n) is 7.15. The molecule has 0 radical (unpaired) electrons. The number of esters is 2. The number of carbonyl (C=O) groups excluding carboxylic acids is 3. The Morgan fingerprint density at radius 3 is 2.22 bits per heavy atom. The molecule has 0 saturated heterocycles. The topological polar surface area (TPSA) is 82.8 Å². The van der Waals surface area contributed by atoms with Gasteiger partial charge in [-0.25, -0.2) is 9.59 Å². The first kappa shape index (κ1) is 16.5. The second-order valence-corrected chi connectivity index (χ2v) is 4.47. The number of benzene rings is 1. The van der Waals surface area contributed by atoms with Crippen LogP contribution in [0.25, 0.3) is 11.1 Å². The van der Waals surface area contributed by atoms with Gasteiger partial charge in [-0.2, -0.15) is 0 Å². The van der Waals surface area contributed by atoms with Gasteiger partial charge in [-0.05, 0) is 19.4 Å². The zero-order chi connectivity index (χ0) is 16.8. The molecule has 0 saturated carbocycles. The largest absolute Gasteiger partial charge is 0.462 e. The van der Waals surface area contributed by atoms with Gasteiger partial charge >= 0.3 is 11.9 Å². The van der Waals surface area contributed by atoms with E-state index in [-0.39, 0.29) is 35.9 Å². The summed E-state index contributed by atoms with van der Waals surface area (Å²) < 4.78 is 15.2. The van der Waals surface area contributed by atoms with Crippen LogP contribution in [0.2, 0.25) is 0 Å². The lowest BCUT2D eigenvalue weighted by Gasteiger charge is -2.05.